The summed E-state index contributed by atoms with van der Waals surface area (Å²) in [5, 5.41) is 12.8. The van der Waals surface area contributed by atoms with Crippen LogP contribution in [-0.2, 0) is 12.3 Å². The third kappa shape index (κ3) is 5.18. The molecule has 1 amide bonds. The van der Waals surface area contributed by atoms with Gasteiger partial charge in [-0.05, 0) is 48.7 Å². The van der Waals surface area contributed by atoms with Crippen LogP contribution in [0, 0.1) is 19.7 Å². The van der Waals surface area contributed by atoms with Crippen LogP contribution in [0.1, 0.15) is 31.5 Å². The Kier molecular flexibility index (Phi) is 6.43. The van der Waals surface area contributed by atoms with Gasteiger partial charge in [0.2, 0.25) is 5.01 Å². The molecule has 0 aliphatic heterocycles. The van der Waals surface area contributed by atoms with Crippen molar-refractivity contribution in [1.29, 1.82) is 0 Å². The standard InChI is InChI=1S/C22H20FN5OS2/c1-14-3-4-15(2)18(11-14)28-10-9-24-22(28)30-13-19-26-27-21(31-19)20(29)25-12-16-5-7-17(23)8-6-16/h3-11H,12-13H2,1-2H3,(H,25,29). The number of hydrogen-bond acceptors (Lipinski definition) is 6. The number of carbonyl (C=O) groups is 1. The van der Waals surface area contributed by atoms with Gasteiger partial charge in [-0.1, -0.05) is 47.4 Å². The number of carbonyl (C=O) groups excluding carboxylic acids is 1. The summed E-state index contributed by atoms with van der Waals surface area (Å²) in [6, 6.07) is 12.3. The van der Waals surface area contributed by atoms with Crippen molar-refractivity contribution < 1.29 is 9.18 Å². The molecule has 0 atom stereocenters. The van der Waals surface area contributed by atoms with Gasteiger partial charge in [0.05, 0.1) is 11.4 Å². The van der Waals surface area contributed by atoms with Gasteiger partial charge in [-0.2, -0.15) is 0 Å². The van der Waals surface area contributed by atoms with Crippen molar-refractivity contribution in [2.75, 3.05) is 0 Å². The predicted molar refractivity (Wildman–Crippen MR) is 120 cm³/mol. The second-order valence-electron chi connectivity index (χ2n) is 6.97. The fourth-order valence-corrected chi connectivity index (χ4v) is 4.66. The molecule has 4 rings (SSSR count). The molecular weight excluding hydrogens is 433 g/mol. The van der Waals surface area contributed by atoms with Crippen LogP contribution in [0.2, 0.25) is 0 Å². The SMILES string of the molecule is Cc1ccc(C)c(-n2ccnc2SCc2nnc(C(=O)NCc3ccc(F)cc3)s2)c1. The second kappa shape index (κ2) is 9.40. The van der Waals surface area contributed by atoms with Crippen LogP contribution in [0.25, 0.3) is 5.69 Å². The molecule has 0 aliphatic carbocycles. The quantitative estimate of drug-likeness (QED) is 0.411. The minimum absolute atomic E-state index is 0.296. The normalized spacial score (nSPS) is 10.9. The van der Waals surface area contributed by atoms with Gasteiger partial charge < -0.3 is 5.32 Å². The molecule has 0 unspecified atom stereocenters. The van der Waals surface area contributed by atoms with Crippen LogP contribution in [0.3, 0.4) is 0 Å². The molecule has 31 heavy (non-hydrogen) atoms. The van der Waals surface area contributed by atoms with E-state index in [1.807, 2.05) is 6.20 Å². The molecule has 0 spiro atoms. The Bertz CT molecular complexity index is 1200. The molecule has 0 saturated heterocycles. The number of rotatable bonds is 7. The van der Waals surface area contributed by atoms with Crippen molar-refractivity contribution in [3.05, 3.63) is 87.4 Å². The minimum atomic E-state index is -0.306. The Morgan fingerprint density at radius 1 is 1.16 bits per heavy atom. The molecule has 2 aromatic carbocycles. The minimum Gasteiger partial charge on any atom is -0.346 e. The topological polar surface area (TPSA) is 72.7 Å². The number of halogens is 1. The molecule has 9 heteroatoms. The van der Waals surface area contributed by atoms with E-state index >= 15 is 0 Å². The number of hydrogen-bond donors (Lipinski definition) is 1. The lowest BCUT2D eigenvalue weighted by molar-refractivity contribution is 0.0950. The van der Waals surface area contributed by atoms with E-state index in [1.165, 1.54) is 34.6 Å². The summed E-state index contributed by atoms with van der Waals surface area (Å²) in [5.74, 6) is -0.0420. The lowest BCUT2D eigenvalue weighted by Gasteiger charge is -2.11. The molecule has 0 fully saturated rings. The highest BCUT2D eigenvalue weighted by Crippen LogP contribution is 2.27. The number of imidazole rings is 1. The summed E-state index contributed by atoms with van der Waals surface area (Å²) in [7, 11) is 0. The summed E-state index contributed by atoms with van der Waals surface area (Å²) < 4.78 is 15.0. The Balaban J connectivity index is 1.38. The summed E-state index contributed by atoms with van der Waals surface area (Å²) in [6.45, 7) is 4.44. The first-order chi connectivity index (χ1) is 15.0. The number of aryl methyl sites for hydroxylation is 2. The van der Waals surface area contributed by atoms with Gasteiger partial charge in [0.1, 0.15) is 10.8 Å². The molecule has 0 radical (unpaired) electrons. The highest BCUT2D eigenvalue weighted by atomic mass is 32.2. The van der Waals surface area contributed by atoms with E-state index in [-0.39, 0.29) is 11.7 Å². The van der Waals surface area contributed by atoms with Crippen molar-refractivity contribution in [1.82, 2.24) is 25.1 Å². The highest BCUT2D eigenvalue weighted by molar-refractivity contribution is 7.98. The maximum atomic E-state index is 13.0. The van der Waals surface area contributed by atoms with E-state index in [2.05, 4.69) is 57.1 Å². The number of aromatic nitrogens is 4. The predicted octanol–water partition coefficient (Wildman–Crippen LogP) is 4.70. The lowest BCUT2D eigenvalue weighted by atomic mass is 10.1. The number of nitrogens with one attached hydrogen (secondary N) is 1. The molecule has 0 aliphatic rings. The first kappa shape index (κ1) is 21.2. The smallest absolute Gasteiger partial charge is 0.282 e. The van der Waals surface area contributed by atoms with Gasteiger partial charge in [-0.3, -0.25) is 9.36 Å². The molecule has 158 valence electrons. The van der Waals surface area contributed by atoms with E-state index in [1.54, 1.807) is 30.1 Å². The first-order valence-corrected chi connectivity index (χ1v) is 11.4. The maximum Gasteiger partial charge on any atom is 0.282 e. The average Bonchev–Trinajstić information content (AvgIpc) is 3.43. The van der Waals surface area contributed by atoms with Gasteiger partial charge in [0.15, 0.2) is 5.16 Å². The Morgan fingerprint density at radius 2 is 1.97 bits per heavy atom. The molecule has 1 N–H and O–H groups in total. The molecule has 4 aromatic rings. The van der Waals surface area contributed by atoms with Crippen molar-refractivity contribution in [3.63, 3.8) is 0 Å². The molecular formula is C22H20FN5OS2. The van der Waals surface area contributed by atoms with E-state index in [0.717, 1.165) is 21.4 Å². The molecule has 2 aromatic heterocycles. The maximum absolute atomic E-state index is 13.0. The van der Waals surface area contributed by atoms with E-state index in [0.29, 0.717) is 17.3 Å². The van der Waals surface area contributed by atoms with Gasteiger partial charge in [-0.25, -0.2) is 9.37 Å². The molecule has 0 bridgehead atoms. The van der Waals surface area contributed by atoms with E-state index in [9.17, 15) is 9.18 Å². The molecule has 6 nitrogen and oxygen atoms in total. The fraction of sp³-hybridized carbons (Fsp3) is 0.182. The summed E-state index contributed by atoms with van der Waals surface area (Å²) in [5.41, 5.74) is 4.26. The van der Waals surface area contributed by atoms with Crippen molar-refractivity contribution in [3.8, 4) is 5.69 Å². The monoisotopic (exact) mass is 453 g/mol. The number of nitrogens with zero attached hydrogens (tertiary/aromatic N) is 4. The van der Waals surface area contributed by atoms with Crippen LogP contribution in [0.15, 0.2) is 60.0 Å². The highest BCUT2D eigenvalue weighted by Gasteiger charge is 2.14. The van der Waals surface area contributed by atoms with Crippen molar-refractivity contribution in [2.45, 2.75) is 31.3 Å². The average molecular weight is 454 g/mol. The van der Waals surface area contributed by atoms with Gasteiger partial charge in [-0.15, -0.1) is 10.2 Å². The van der Waals surface area contributed by atoms with Gasteiger partial charge >= 0.3 is 0 Å². The van der Waals surface area contributed by atoms with Gasteiger partial charge in [0, 0.05) is 18.9 Å². The third-order valence-electron chi connectivity index (χ3n) is 4.58. The van der Waals surface area contributed by atoms with Gasteiger partial charge in [0.25, 0.3) is 5.91 Å². The summed E-state index contributed by atoms with van der Waals surface area (Å²) >= 11 is 2.80. The van der Waals surface area contributed by atoms with Crippen LogP contribution in [-0.4, -0.2) is 25.7 Å². The number of thioether (sulfide) groups is 1. The van der Waals surface area contributed by atoms with Crippen LogP contribution in [0.4, 0.5) is 4.39 Å². The Morgan fingerprint density at radius 3 is 2.77 bits per heavy atom. The third-order valence-corrected chi connectivity index (χ3v) is 6.67. The zero-order valence-corrected chi connectivity index (χ0v) is 18.6. The molecule has 0 saturated carbocycles. The lowest BCUT2D eigenvalue weighted by Crippen LogP contribution is -2.22. The van der Waals surface area contributed by atoms with E-state index < -0.39 is 0 Å². The zero-order chi connectivity index (χ0) is 21.8. The van der Waals surface area contributed by atoms with Crippen molar-refractivity contribution >= 4 is 29.0 Å². The number of benzene rings is 2. The summed E-state index contributed by atoms with van der Waals surface area (Å²) in [6.07, 6.45) is 3.72. The summed E-state index contributed by atoms with van der Waals surface area (Å²) in [4.78, 5) is 16.8. The van der Waals surface area contributed by atoms with E-state index in [4.69, 9.17) is 0 Å². The zero-order valence-electron chi connectivity index (χ0n) is 17.0. The van der Waals surface area contributed by atoms with Crippen LogP contribution in [0.5, 0.6) is 0 Å². The molecule has 2 heterocycles. The van der Waals surface area contributed by atoms with Crippen LogP contribution >= 0.6 is 23.1 Å². The largest absolute Gasteiger partial charge is 0.346 e. The van der Waals surface area contributed by atoms with Crippen molar-refractivity contribution in [2.24, 2.45) is 0 Å². The second-order valence-corrected chi connectivity index (χ2v) is 8.97. The fourth-order valence-electron chi connectivity index (χ4n) is 2.95. The Hall–Kier alpha value is -3.04. The van der Waals surface area contributed by atoms with Crippen LogP contribution < -0.4 is 5.32 Å². The Labute approximate surface area is 187 Å². The number of amides is 1. The first-order valence-electron chi connectivity index (χ1n) is 9.58.